The maximum absolute atomic E-state index is 12.5. The zero-order valence-electron chi connectivity index (χ0n) is 14.6. The molecule has 11 heteroatoms. The summed E-state index contributed by atoms with van der Waals surface area (Å²) in [6, 6.07) is -0.807. The second-order valence-electron chi connectivity index (χ2n) is 5.84. The number of thioether (sulfide) groups is 1. The van der Waals surface area contributed by atoms with Gasteiger partial charge in [-0.2, -0.15) is 0 Å². The van der Waals surface area contributed by atoms with Crippen molar-refractivity contribution in [3.63, 3.8) is 0 Å². The van der Waals surface area contributed by atoms with E-state index in [2.05, 4.69) is 5.32 Å². The van der Waals surface area contributed by atoms with Gasteiger partial charge in [-0.05, 0) is 18.4 Å². The molecule has 2 amide bonds. The van der Waals surface area contributed by atoms with Gasteiger partial charge in [-0.25, -0.2) is 4.79 Å². The maximum Gasteiger partial charge on any atom is 0.356 e. The molecule has 0 bridgehead atoms. The van der Waals surface area contributed by atoms with Gasteiger partial charge >= 0.3 is 5.97 Å². The first-order valence-electron chi connectivity index (χ1n) is 7.83. The number of nitrogens with zero attached hydrogens (tertiary/aromatic N) is 1. The number of carbonyl (C=O) groups is 3. The summed E-state index contributed by atoms with van der Waals surface area (Å²) in [7, 11) is 1.32. The number of carboxylic acids is 1. The van der Waals surface area contributed by atoms with Crippen LogP contribution in [-0.2, 0) is 19.1 Å². The van der Waals surface area contributed by atoms with E-state index in [-0.39, 0.29) is 40.1 Å². The molecule has 0 saturated carbocycles. The number of amides is 2. The maximum atomic E-state index is 12.5. The van der Waals surface area contributed by atoms with Crippen molar-refractivity contribution in [3.8, 4) is 0 Å². The van der Waals surface area contributed by atoms with Crippen molar-refractivity contribution < 1.29 is 35.2 Å². The van der Waals surface area contributed by atoms with Crippen molar-refractivity contribution in [2.75, 3.05) is 7.11 Å². The second-order valence-corrected chi connectivity index (χ2v) is 7.13. The second kappa shape index (κ2) is 9.04. The molecular formula is C16H23N3O7S. The van der Waals surface area contributed by atoms with E-state index in [9.17, 15) is 19.5 Å². The topological polar surface area (TPSA) is 185 Å². The molecule has 0 spiro atoms. The molecule has 3 atom stereocenters. The van der Waals surface area contributed by atoms with Gasteiger partial charge in [0.2, 0.25) is 11.8 Å². The van der Waals surface area contributed by atoms with Gasteiger partial charge in [0.25, 0.3) is 0 Å². The van der Waals surface area contributed by atoms with Crippen molar-refractivity contribution in [1.29, 1.82) is 0 Å². The molecule has 0 aromatic carbocycles. The molecule has 2 aliphatic heterocycles. The molecule has 150 valence electrons. The minimum atomic E-state index is -1.26. The summed E-state index contributed by atoms with van der Waals surface area (Å²) >= 11 is 1.27. The van der Waals surface area contributed by atoms with Crippen molar-refractivity contribution in [2.24, 2.45) is 5.73 Å². The number of carbonyl (C=O) groups excluding carboxylic acids is 2. The summed E-state index contributed by atoms with van der Waals surface area (Å²) in [5, 5.41) is 11.2. The van der Waals surface area contributed by atoms with E-state index in [1.807, 2.05) is 18.2 Å². The van der Waals surface area contributed by atoms with E-state index in [1.54, 1.807) is 0 Å². The Bertz CT molecular complexity index is 719. The highest BCUT2D eigenvalue weighted by Gasteiger charge is 2.50. The number of rotatable bonds is 5. The SMILES string of the molecule is COC1=C(C(=O)O)N2C(=O)C[C@H]2SC1NC(=O)C(N)C1=CCC=CC1.O.O. The fraction of sp³-hybridized carbons (Fsp3) is 0.438. The first-order chi connectivity index (χ1) is 11.9. The number of aliphatic carboxylic acids is 1. The highest BCUT2D eigenvalue weighted by Crippen LogP contribution is 2.43. The van der Waals surface area contributed by atoms with Crippen molar-refractivity contribution >= 4 is 29.5 Å². The summed E-state index contributed by atoms with van der Waals surface area (Å²) < 4.78 is 5.21. The fourth-order valence-corrected chi connectivity index (χ4v) is 4.41. The molecule has 0 aromatic rings. The Morgan fingerprint density at radius 1 is 1.41 bits per heavy atom. The Kier molecular flexibility index (Phi) is 7.60. The van der Waals surface area contributed by atoms with Gasteiger partial charge in [0.1, 0.15) is 11.4 Å². The zero-order valence-corrected chi connectivity index (χ0v) is 15.4. The summed E-state index contributed by atoms with van der Waals surface area (Å²) in [5.74, 6) is -1.90. The number of hydrogen-bond acceptors (Lipinski definition) is 6. The summed E-state index contributed by atoms with van der Waals surface area (Å²) in [5.41, 5.74) is 6.63. The number of hydrogen-bond donors (Lipinski definition) is 3. The highest BCUT2D eigenvalue weighted by molar-refractivity contribution is 8.00. The summed E-state index contributed by atoms with van der Waals surface area (Å²) in [6.07, 6.45) is 7.45. The lowest BCUT2D eigenvalue weighted by atomic mass is 9.98. The molecule has 3 aliphatic rings. The number of allylic oxidation sites excluding steroid dienone is 3. The average Bonchev–Trinajstić information content (AvgIpc) is 2.60. The van der Waals surface area contributed by atoms with Crippen LogP contribution in [0.2, 0.25) is 0 Å². The normalized spacial score (nSPS) is 24.4. The lowest BCUT2D eigenvalue weighted by Gasteiger charge is -2.45. The largest absolute Gasteiger partial charge is 0.495 e. The summed E-state index contributed by atoms with van der Waals surface area (Å²) in [4.78, 5) is 37.0. The van der Waals surface area contributed by atoms with Crippen LogP contribution in [0.3, 0.4) is 0 Å². The Hall–Kier alpha value is -2.34. The standard InChI is InChI=1S/C16H19N3O5S.2H2O/c1-24-13-12(16(22)23)19-9(20)7-10(19)25-15(13)18-14(21)11(17)8-5-3-2-4-6-8;;/h2-3,6,10-11,15H,4-5,7,17H2,1H3,(H,18,21)(H,22,23);2*1H2/t10-,11?,15?;;/m1../s1. The first kappa shape index (κ1) is 22.7. The molecule has 8 N–H and O–H groups in total. The predicted molar refractivity (Wildman–Crippen MR) is 98.1 cm³/mol. The highest BCUT2D eigenvalue weighted by atomic mass is 32.2. The molecule has 2 heterocycles. The third-order valence-electron chi connectivity index (χ3n) is 4.33. The zero-order chi connectivity index (χ0) is 18.1. The fourth-order valence-electron chi connectivity index (χ4n) is 3.00. The van der Waals surface area contributed by atoms with E-state index in [4.69, 9.17) is 10.5 Å². The van der Waals surface area contributed by atoms with E-state index in [0.717, 1.165) is 12.0 Å². The number of β-lactam (4-membered cyclic amide) rings is 1. The van der Waals surface area contributed by atoms with Crippen LogP contribution in [0, 0.1) is 0 Å². The molecular weight excluding hydrogens is 378 g/mol. The minimum Gasteiger partial charge on any atom is -0.495 e. The summed E-state index contributed by atoms with van der Waals surface area (Å²) in [6.45, 7) is 0. The number of carboxylic acid groups (broad SMARTS) is 1. The molecule has 1 fully saturated rings. The average molecular weight is 401 g/mol. The Morgan fingerprint density at radius 3 is 2.63 bits per heavy atom. The molecule has 27 heavy (non-hydrogen) atoms. The lowest BCUT2D eigenvalue weighted by molar-refractivity contribution is -0.146. The van der Waals surface area contributed by atoms with E-state index in [1.165, 1.54) is 23.8 Å². The number of nitrogens with two attached hydrogens (primary N) is 1. The van der Waals surface area contributed by atoms with Crippen LogP contribution >= 0.6 is 11.8 Å². The number of methoxy groups -OCH3 is 1. The first-order valence-corrected chi connectivity index (χ1v) is 8.77. The molecule has 1 aliphatic carbocycles. The third-order valence-corrected chi connectivity index (χ3v) is 5.62. The molecule has 3 rings (SSSR count). The van der Waals surface area contributed by atoms with Gasteiger partial charge in [-0.1, -0.05) is 18.2 Å². The predicted octanol–water partition coefficient (Wildman–Crippen LogP) is -1.37. The minimum absolute atomic E-state index is 0. The van der Waals surface area contributed by atoms with Gasteiger partial charge in [-0.3, -0.25) is 14.5 Å². The van der Waals surface area contributed by atoms with E-state index >= 15 is 0 Å². The molecule has 0 aromatic heterocycles. The van der Waals surface area contributed by atoms with Crippen LogP contribution in [-0.4, -0.2) is 62.6 Å². The molecule has 2 unspecified atom stereocenters. The monoisotopic (exact) mass is 401 g/mol. The van der Waals surface area contributed by atoms with Crippen LogP contribution in [0.25, 0.3) is 0 Å². The van der Waals surface area contributed by atoms with Crippen LogP contribution < -0.4 is 11.1 Å². The van der Waals surface area contributed by atoms with Crippen molar-refractivity contribution in [1.82, 2.24) is 10.2 Å². The third kappa shape index (κ3) is 4.16. The molecule has 0 radical (unpaired) electrons. The van der Waals surface area contributed by atoms with Gasteiger partial charge in [0.05, 0.1) is 18.9 Å². The van der Waals surface area contributed by atoms with Crippen molar-refractivity contribution in [3.05, 3.63) is 35.3 Å². The number of ether oxygens (including phenoxy) is 1. The van der Waals surface area contributed by atoms with E-state index < -0.39 is 23.3 Å². The van der Waals surface area contributed by atoms with Crippen LogP contribution in [0.15, 0.2) is 35.3 Å². The Morgan fingerprint density at radius 2 is 2.11 bits per heavy atom. The van der Waals surface area contributed by atoms with E-state index in [0.29, 0.717) is 6.42 Å². The quantitative estimate of drug-likeness (QED) is 0.374. The van der Waals surface area contributed by atoms with Crippen LogP contribution in [0.5, 0.6) is 0 Å². The van der Waals surface area contributed by atoms with Gasteiger partial charge in [-0.15, -0.1) is 11.8 Å². The van der Waals surface area contributed by atoms with Crippen LogP contribution in [0.1, 0.15) is 19.3 Å². The lowest BCUT2D eigenvalue weighted by Crippen LogP contribution is -2.58. The smallest absolute Gasteiger partial charge is 0.356 e. The Balaban J connectivity index is 0.00000182. The Labute approximate surface area is 159 Å². The molecule has 1 saturated heterocycles. The number of nitrogens with one attached hydrogen (secondary N) is 1. The van der Waals surface area contributed by atoms with Crippen molar-refractivity contribution in [2.45, 2.75) is 36.1 Å². The van der Waals surface area contributed by atoms with Gasteiger partial charge < -0.3 is 31.8 Å². The van der Waals surface area contributed by atoms with Crippen LogP contribution in [0.4, 0.5) is 0 Å². The number of fused-ring (bicyclic) bond motifs is 1. The molecule has 10 nitrogen and oxygen atoms in total. The van der Waals surface area contributed by atoms with Gasteiger partial charge in [0, 0.05) is 0 Å². The van der Waals surface area contributed by atoms with Gasteiger partial charge in [0.15, 0.2) is 11.5 Å².